The van der Waals surface area contributed by atoms with Crippen molar-refractivity contribution in [1.82, 2.24) is 14.9 Å². The summed E-state index contributed by atoms with van der Waals surface area (Å²) in [6.07, 6.45) is 4.16. The molecule has 24 heavy (non-hydrogen) atoms. The van der Waals surface area contributed by atoms with Crippen LogP contribution in [0.15, 0.2) is 48.7 Å². The summed E-state index contributed by atoms with van der Waals surface area (Å²) in [5.74, 6) is 0.937. The van der Waals surface area contributed by atoms with E-state index in [9.17, 15) is 0 Å². The number of benzene rings is 2. The molecule has 0 saturated carbocycles. The summed E-state index contributed by atoms with van der Waals surface area (Å²) in [4.78, 5) is 10.3. The van der Waals surface area contributed by atoms with Crippen LogP contribution in [0.3, 0.4) is 0 Å². The number of nitrogens with one attached hydrogen (secondary N) is 1. The number of rotatable bonds is 2. The monoisotopic (exact) mass is 315 g/mol. The lowest BCUT2D eigenvalue weighted by Gasteiger charge is -2.16. The van der Waals surface area contributed by atoms with Gasteiger partial charge in [0.15, 0.2) is 0 Å². The van der Waals surface area contributed by atoms with E-state index in [0.29, 0.717) is 0 Å². The number of aromatic amines is 1. The smallest absolute Gasteiger partial charge is 0.138 e. The number of aryl methyl sites for hydroxylation is 2. The third-order valence-electron chi connectivity index (χ3n) is 4.70. The minimum Gasteiger partial charge on any atom is -0.374 e. The van der Waals surface area contributed by atoms with Crippen molar-refractivity contribution in [2.75, 3.05) is 7.05 Å². The molecule has 3 heteroatoms. The second-order valence-electron chi connectivity index (χ2n) is 6.55. The maximum atomic E-state index is 4.75. The minimum atomic E-state index is 0.850. The van der Waals surface area contributed by atoms with Crippen molar-refractivity contribution in [2.24, 2.45) is 0 Å². The van der Waals surface area contributed by atoms with Gasteiger partial charge in [-0.1, -0.05) is 42.5 Å². The molecule has 3 aromatic rings. The van der Waals surface area contributed by atoms with Crippen LogP contribution in [-0.4, -0.2) is 21.9 Å². The molecule has 0 bridgehead atoms. The Balaban J connectivity index is 1.64. The van der Waals surface area contributed by atoms with E-state index < -0.39 is 0 Å². The van der Waals surface area contributed by atoms with Crippen molar-refractivity contribution in [1.29, 1.82) is 0 Å². The number of aromatic nitrogens is 2. The molecular formula is C21H21N3. The molecule has 4 rings (SSSR count). The molecule has 0 saturated heterocycles. The Morgan fingerprint density at radius 1 is 0.917 bits per heavy atom. The Morgan fingerprint density at radius 3 is 2.38 bits per heavy atom. The van der Waals surface area contributed by atoms with Crippen molar-refractivity contribution < 1.29 is 0 Å². The predicted octanol–water partition coefficient (Wildman–Crippen LogP) is 4.78. The highest BCUT2D eigenvalue weighted by Crippen LogP contribution is 2.27. The quantitative estimate of drug-likeness (QED) is 0.738. The van der Waals surface area contributed by atoms with Crippen LogP contribution in [0.1, 0.15) is 22.5 Å². The molecule has 1 aromatic heterocycles. The molecule has 3 nitrogen and oxygen atoms in total. The second kappa shape index (κ2) is 5.68. The van der Waals surface area contributed by atoms with E-state index in [1.165, 1.54) is 22.3 Å². The predicted molar refractivity (Wildman–Crippen MR) is 99.4 cm³/mol. The Hall–Kier alpha value is -2.81. The van der Waals surface area contributed by atoms with Gasteiger partial charge in [-0.2, -0.15) is 0 Å². The fourth-order valence-corrected chi connectivity index (χ4v) is 3.05. The molecule has 0 amide bonds. The summed E-state index contributed by atoms with van der Waals surface area (Å²) in [6, 6.07) is 15.2. The molecule has 2 heterocycles. The normalized spacial score (nSPS) is 13.2. The molecule has 120 valence electrons. The van der Waals surface area contributed by atoms with E-state index in [2.05, 4.69) is 85.5 Å². The van der Waals surface area contributed by atoms with Gasteiger partial charge in [0.2, 0.25) is 0 Å². The van der Waals surface area contributed by atoms with Crippen LogP contribution in [0, 0.1) is 13.8 Å². The Morgan fingerprint density at radius 2 is 1.62 bits per heavy atom. The van der Waals surface area contributed by atoms with Crippen molar-refractivity contribution in [3.63, 3.8) is 0 Å². The highest BCUT2D eigenvalue weighted by molar-refractivity contribution is 5.69. The summed E-state index contributed by atoms with van der Waals surface area (Å²) in [7, 11) is 2.06. The number of H-pyrrole nitrogens is 1. The zero-order valence-electron chi connectivity index (χ0n) is 14.3. The first-order valence-corrected chi connectivity index (χ1v) is 8.25. The summed E-state index contributed by atoms with van der Waals surface area (Å²) in [5.41, 5.74) is 8.48. The summed E-state index contributed by atoms with van der Waals surface area (Å²) >= 11 is 0. The van der Waals surface area contributed by atoms with E-state index in [4.69, 9.17) is 4.98 Å². The first-order chi connectivity index (χ1) is 11.6. The van der Waals surface area contributed by atoms with E-state index >= 15 is 0 Å². The lowest BCUT2D eigenvalue weighted by atomic mass is 9.99. The summed E-state index contributed by atoms with van der Waals surface area (Å²) in [6.45, 7) is 5.15. The lowest BCUT2D eigenvalue weighted by molar-refractivity contribution is 0.441. The van der Waals surface area contributed by atoms with Crippen molar-refractivity contribution in [3.05, 3.63) is 71.2 Å². The Kier molecular flexibility index (Phi) is 3.49. The average Bonchev–Trinajstić information content (AvgIpc) is 3.00. The van der Waals surface area contributed by atoms with Crippen LogP contribution in [0.25, 0.3) is 28.6 Å². The zero-order chi connectivity index (χ0) is 16.7. The van der Waals surface area contributed by atoms with Gasteiger partial charge in [0.1, 0.15) is 5.82 Å². The van der Waals surface area contributed by atoms with Gasteiger partial charge >= 0.3 is 0 Å². The third-order valence-corrected chi connectivity index (χ3v) is 4.70. The van der Waals surface area contributed by atoms with Crippen LogP contribution >= 0.6 is 0 Å². The largest absolute Gasteiger partial charge is 0.374 e. The number of hydrogen-bond acceptors (Lipinski definition) is 2. The molecule has 1 aliphatic rings. The van der Waals surface area contributed by atoms with Gasteiger partial charge < -0.3 is 9.88 Å². The van der Waals surface area contributed by atoms with Gasteiger partial charge in [-0.05, 0) is 42.2 Å². The van der Waals surface area contributed by atoms with Crippen LogP contribution in [-0.2, 0) is 6.54 Å². The molecule has 0 fully saturated rings. The van der Waals surface area contributed by atoms with Gasteiger partial charge in [0, 0.05) is 18.8 Å². The van der Waals surface area contributed by atoms with Gasteiger partial charge in [0.05, 0.1) is 17.9 Å². The third kappa shape index (κ3) is 2.62. The van der Waals surface area contributed by atoms with Crippen LogP contribution in [0.4, 0.5) is 0 Å². The molecule has 0 aliphatic carbocycles. The van der Waals surface area contributed by atoms with E-state index in [-0.39, 0.29) is 0 Å². The molecular weight excluding hydrogens is 294 g/mol. The Bertz CT molecular complexity index is 917. The SMILES string of the molecule is Cc1ccc(-c2ccc(-c3nc4c([nH]3)C=CN(C)C4)cc2)cc1C. The number of imidazole rings is 1. The maximum Gasteiger partial charge on any atom is 0.138 e. The minimum absolute atomic E-state index is 0.850. The molecule has 2 aromatic carbocycles. The van der Waals surface area contributed by atoms with Crippen molar-refractivity contribution in [3.8, 4) is 22.5 Å². The van der Waals surface area contributed by atoms with E-state index in [1.54, 1.807) is 0 Å². The van der Waals surface area contributed by atoms with Crippen molar-refractivity contribution >= 4 is 6.08 Å². The maximum absolute atomic E-state index is 4.75. The van der Waals surface area contributed by atoms with E-state index in [1.807, 2.05) is 0 Å². The topological polar surface area (TPSA) is 31.9 Å². The first-order valence-electron chi connectivity index (χ1n) is 8.25. The number of nitrogens with zero attached hydrogens (tertiary/aromatic N) is 2. The summed E-state index contributed by atoms with van der Waals surface area (Å²) in [5, 5.41) is 0. The van der Waals surface area contributed by atoms with Crippen molar-refractivity contribution in [2.45, 2.75) is 20.4 Å². The zero-order valence-corrected chi connectivity index (χ0v) is 14.3. The number of hydrogen-bond donors (Lipinski definition) is 1. The molecule has 0 unspecified atom stereocenters. The van der Waals surface area contributed by atoms with E-state index in [0.717, 1.165) is 29.3 Å². The fourth-order valence-electron chi connectivity index (χ4n) is 3.05. The molecule has 0 atom stereocenters. The lowest BCUT2D eigenvalue weighted by Crippen LogP contribution is -2.14. The standard InChI is InChI=1S/C21H21N3/c1-14-4-5-18(12-15(14)2)16-6-8-17(9-7-16)21-22-19-10-11-24(3)13-20(19)23-21/h4-12H,13H2,1-3H3,(H,22,23). The molecule has 1 aliphatic heterocycles. The molecule has 0 radical (unpaired) electrons. The van der Waals surface area contributed by atoms with Gasteiger partial charge in [-0.15, -0.1) is 0 Å². The number of fused-ring (bicyclic) bond motifs is 1. The summed E-state index contributed by atoms with van der Waals surface area (Å²) < 4.78 is 0. The van der Waals surface area contributed by atoms with Crippen LogP contribution < -0.4 is 0 Å². The van der Waals surface area contributed by atoms with Gasteiger partial charge in [-0.25, -0.2) is 4.98 Å². The molecule has 1 N–H and O–H groups in total. The fraction of sp³-hybridized carbons (Fsp3) is 0.190. The second-order valence-corrected chi connectivity index (χ2v) is 6.55. The van der Waals surface area contributed by atoms with Crippen LogP contribution in [0.2, 0.25) is 0 Å². The van der Waals surface area contributed by atoms with Crippen LogP contribution in [0.5, 0.6) is 0 Å². The highest BCUT2D eigenvalue weighted by atomic mass is 15.1. The molecule has 0 spiro atoms. The Labute approximate surface area is 142 Å². The first kappa shape index (κ1) is 14.8. The van der Waals surface area contributed by atoms with Gasteiger partial charge in [-0.3, -0.25) is 0 Å². The van der Waals surface area contributed by atoms with Gasteiger partial charge in [0.25, 0.3) is 0 Å². The highest BCUT2D eigenvalue weighted by Gasteiger charge is 2.14. The average molecular weight is 315 g/mol.